The van der Waals surface area contributed by atoms with Gasteiger partial charge in [-0.1, -0.05) is 111 Å². The van der Waals surface area contributed by atoms with E-state index in [4.69, 9.17) is 11.7 Å². The molecule has 1 aromatic heterocycles. The molecular weight excluding hydrogens is 446 g/mol. The van der Waals surface area contributed by atoms with Crippen LogP contribution in [0.3, 0.4) is 0 Å². The number of para-hydroxylation sites is 1. The maximum atomic E-state index is 7.50. The van der Waals surface area contributed by atoms with Crippen molar-refractivity contribution in [2.45, 2.75) is 19.6 Å². The lowest BCUT2D eigenvalue weighted by Gasteiger charge is -2.18. The quantitative estimate of drug-likeness (QED) is 0.179. The Morgan fingerprint density at radius 1 is 0.743 bits per heavy atom. The van der Waals surface area contributed by atoms with Crippen LogP contribution in [0.1, 0.15) is 0 Å². The molecule has 170 valence electrons. The lowest BCUT2D eigenvalue weighted by atomic mass is 9.96. The van der Waals surface area contributed by atoms with E-state index in [1.54, 1.807) is 0 Å². The first-order valence-electron chi connectivity index (χ1n) is 11.6. The molecule has 0 fully saturated rings. The molecule has 5 aromatic rings. The number of benzene rings is 4. The molecule has 0 atom stereocenters. The van der Waals surface area contributed by atoms with Gasteiger partial charge in [0, 0.05) is 11.1 Å². The zero-order chi connectivity index (χ0) is 24.4. The summed E-state index contributed by atoms with van der Waals surface area (Å²) in [6.07, 6.45) is 0. The molecule has 4 aromatic carbocycles. The van der Waals surface area contributed by atoms with Crippen LogP contribution in [0.5, 0.6) is 0 Å². The predicted molar refractivity (Wildman–Crippen MR) is 143 cm³/mol. The van der Waals surface area contributed by atoms with Crippen molar-refractivity contribution in [3.8, 4) is 33.6 Å². The SMILES string of the molecule is [C-]#[N+]c1cccc(-n2nnc([Si](C)(C)C)[n+]2-c2c(-c3ccccc3)cccc2-c2ccccc2)c1. The first-order chi connectivity index (χ1) is 17.0. The van der Waals surface area contributed by atoms with Crippen LogP contribution in [0, 0.1) is 6.57 Å². The summed E-state index contributed by atoms with van der Waals surface area (Å²) in [6, 6.07) is 34.8. The summed E-state index contributed by atoms with van der Waals surface area (Å²) >= 11 is 0. The third-order valence-electron chi connectivity index (χ3n) is 5.89. The average molecular weight is 473 g/mol. The van der Waals surface area contributed by atoms with Gasteiger partial charge in [-0.05, 0) is 28.1 Å². The van der Waals surface area contributed by atoms with Gasteiger partial charge in [0.25, 0.3) is 5.45 Å². The molecule has 0 aliphatic heterocycles. The van der Waals surface area contributed by atoms with E-state index in [0.29, 0.717) is 5.69 Å². The zero-order valence-electron chi connectivity index (χ0n) is 20.1. The van der Waals surface area contributed by atoms with Crippen molar-refractivity contribution >= 4 is 19.2 Å². The monoisotopic (exact) mass is 472 g/mol. The Kier molecular flexibility index (Phi) is 5.85. The van der Waals surface area contributed by atoms with Gasteiger partial charge in [0.1, 0.15) is 11.4 Å². The van der Waals surface area contributed by atoms with Crippen molar-refractivity contribution in [1.82, 2.24) is 15.1 Å². The maximum absolute atomic E-state index is 7.50. The van der Waals surface area contributed by atoms with Gasteiger partial charge in [-0.3, -0.25) is 0 Å². The molecule has 0 radical (unpaired) electrons. The Morgan fingerprint density at radius 2 is 1.31 bits per heavy atom. The van der Waals surface area contributed by atoms with E-state index in [-0.39, 0.29) is 0 Å². The zero-order valence-corrected chi connectivity index (χ0v) is 21.1. The molecule has 0 amide bonds. The second kappa shape index (κ2) is 9.13. The van der Waals surface area contributed by atoms with Crippen molar-refractivity contribution < 1.29 is 4.68 Å². The highest BCUT2D eigenvalue weighted by Gasteiger charge is 2.37. The predicted octanol–water partition coefficient (Wildman–Crippen LogP) is 5.97. The van der Waals surface area contributed by atoms with Crippen LogP contribution >= 0.6 is 0 Å². The smallest absolute Gasteiger partial charge is 0.238 e. The van der Waals surface area contributed by atoms with Gasteiger partial charge in [-0.15, -0.1) is 4.68 Å². The molecule has 0 saturated heterocycles. The molecule has 0 N–H and O–H groups in total. The number of tetrazole rings is 1. The topological polar surface area (TPSA) is 39.0 Å². The summed E-state index contributed by atoms with van der Waals surface area (Å²) in [4.78, 5) is 5.48. The Hall–Kier alpha value is -4.34. The van der Waals surface area contributed by atoms with E-state index in [1.807, 2.05) is 41.2 Å². The number of hydrogen-bond acceptors (Lipinski definition) is 2. The van der Waals surface area contributed by atoms with E-state index < -0.39 is 8.07 Å². The summed E-state index contributed by atoms with van der Waals surface area (Å²) in [5.41, 5.74) is 7.81. The third-order valence-corrected chi connectivity index (χ3v) is 7.55. The maximum Gasteiger partial charge on any atom is 0.273 e. The Morgan fingerprint density at radius 3 is 1.86 bits per heavy atom. The molecule has 0 aliphatic rings. The second-order valence-corrected chi connectivity index (χ2v) is 14.4. The first-order valence-corrected chi connectivity index (χ1v) is 15.1. The summed E-state index contributed by atoms with van der Waals surface area (Å²) < 4.78 is 2.17. The van der Waals surface area contributed by atoms with Crippen LogP contribution in [0.2, 0.25) is 19.6 Å². The van der Waals surface area contributed by atoms with Crippen LogP contribution in [-0.2, 0) is 0 Å². The van der Waals surface area contributed by atoms with Gasteiger partial charge in [0.15, 0.2) is 19.0 Å². The Bertz CT molecular complexity index is 1470. The molecule has 5 nitrogen and oxygen atoms in total. The molecule has 0 spiro atoms. The van der Waals surface area contributed by atoms with Crippen LogP contribution in [0.15, 0.2) is 103 Å². The minimum atomic E-state index is -1.93. The summed E-state index contributed by atoms with van der Waals surface area (Å²) in [6.45, 7) is 14.3. The molecule has 5 rings (SSSR count). The molecule has 35 heavy (non-hydrogen) atoms. The van der Waals surface area contributed by atoms with Crippen molar-refractivity contribution in [2.75, 3.05) is 0 Å². The van der Waals surface area contributed by atoms with Crippen molar-refractivity contribution in [1.29, 1.82) is 0 Å². The molecule has 0 bridgehead atoms. The minimum Gasteiger partial charge on any atom is -0.238 e. The first kappa shape index (κ1) is 22.4. The normalized spacial score (nSPS) is 11.3. The van der Waals surface area contributed by atoms with Gasteiger partial charge in [0.2, 0.25) is 0 Å². The lowest BCUT2D eigenvalue weighted by Crippen LogP contribution is -2.62. The van der Waals surface area contributed by atoms with E-state index >= 15 is 0 Å². The van der Waals surface area contributed by atoms with Gasteiger partial charge in [0.05, 0.1) is 11.7 Å². The number of rotatable bonds is 5. The van der Waals surface area contributed by atoms with Gasteiger partial charge < -0.3 is 0 Å². The van der Waals surface area contributed by atoms with Crippen molar-refractivity contribution in [3.63, 3.8) is 0 Å². The van der Waals surface area contributed by atoms with E-state index in [2.05, 4.69) is 101 Å². The molecule has 1 heterocycles. The largest absolute Gasteiger partial charge is 0.273 e. The van der Waals surface area contributed by atoms with E-state index in [0.717, 1.165) is 39.1 Å². The molecule has 0 aliphatic carbocycles. The molecular formula is C29H26N5Si+. The van der Waals surface area contributed by atoms with Crippen molar-refractivity contribution in [3.05, 3.63) is 115 Å². The minimum absolute atomic E-state index is 0.568. The third kappa shape index (κ3) is 4.30. The van der Waals surface area contributed by atoms with E-state index in [9.17, 15) is 0 Å². The Balaban J connectivity index is 1.91. The molecule has 6 heteroatoms. The average Bonchev–Trinajstić information content (AvgIpc) is 3.35. The van der Waals surface area contributed by atoms with E-state index in [1.165, 1.54) is 0 Å². The number of nitrogens with zero attached hydrogens (tertiary/aromatic N) is 5. The fourth-order valence-corrected chi connectivity index (χ4v) is 5.44. The second-order valence-electron chi connectivity index (χ2n) is 9.43. The van der Waals surface area contributed by atoms with Crippen LogP contribution in [0.4, 0.5) is 5.69 Å². The highest BCUT2D eigenvalue weighted by atomic mass is 28.3. The fraction of sp³-hybridized carbons (Fsp3) is 0.103. The van der Waals surface area contributed by atoms with Crippen molar-refractivity contribution in [2.24, 2.45) is 0 Å². The fourth-order valence-electron chi connectivity index (χ4n) is 4.25. The number of hydrogen-bond donors (Lipinski definition) is 0. The summed E-state index contributed by atoms with van der Waals surface area (Å²) in [5, 5.41) is 9.36. The Labute approximate surface area is 206 Å². The van der Waals surface area contributed by atoms with Gasteiger partial charge in [-0.2, -0.15) is 0 Å². The number of aromatic nitrogens is 4. The van der Waals surface area contributed by atoms with Gasteiger partial charge in [-0.25, -0.2) is 4.85 Å². The molecule has 0 unspecified atom stereocenters. The summed E-state index contributed by atoms with van der Waals surface area (Å²) in [7, 11) is -1.93. The van der Waals surface area contributed by atoms with Gasteiger partial charge >= 0.3 is 0 Å². The van der Waals surface area contributed by atoms with Crippen LogP contribution in [-0.4, -0.2) is 23.2 Å². The van der Waals surface area contributed by atoms with Crippen LogP contribution in [0.25, 0.3) is 38.5 Å². The standard InChI is InChI=1S/C29H26N5Si/c1-30-24-17-11-18-25(21-24)34-32-31-29(35(2,3)4)33(34)28-26(22-13-7-5-8-14-22)19-12-20-27(28)23-15-9-6-10-16-23/h5-21H,2-4H3/q+1. The lowest BCUT2D eigenvalue weighted by molar-refractivity contribution is -0.663. The molecule has 0 saturated carbocycles. The van der Waals surface area contributed by atoms with Crippen LogP contribution < -0.4 is 10.1 Å². The highest BCUT2D eigenvalue weighted by molar-refractivity contribution is 6.86. The highest BCUT2D eigenvalue weighted by Crippen LogP contribution is 2.33. The summed E-state index contributed by atoms with van der Waals surface area (Å²) in [5.74, 6) is 0.